The highest BCUT2D eigenvalue weighted by Crippen LogP contribution is 2.32. The van der Waals surface area contributed by atoms with Crippen LogP contribution in [0.2, 0.25) is 5.02 Å². The third kappa shape index (κ3) is 4.79. The molecule has 2 aromatic rings. The highest BCUT2D eigenvalue weighted by molar-refractivity contribution is 7.90. The van der Waals surface area contributed by atoms with Crippen molar-refractivity contribution in [3.05, 3.63) is 40.0 Å². The molecule has 0 bridgehead atoms. The van der Waals surface area contributed by atoms with Crippen molar-refractivity contribution in [3.63, 3.8) is 0 Å². The summed E-state index contributed by atoms with van der Waals surface area (Å²) in [6, 6.07) is 2.16. The Labute approximate surface area is 157 Å². The van der Waals surface area contributed by atoms with Crippen LogP contribution in [0.4, 0.5) is 13.2 Å². The van der Waals surface area contributed by atoms with Crippen molar-refractivity contribution < 1.29 is 36.2 Å². The summed E-state index contributed by atoms with van der Waals surface area (Å²) in [6.07, 6.45) is -2.69. The molecule has 0 saturated carbocycles. The maximum absolute atomic E-state index is 12.6. The van der Waals surface area contributed by atoms with Crippen LogP contribution in [0.5, 0.6) is 5.88 Å². The number of sulfone groups is 1. The smallest absolute Gasteiger partial charge is 0.411 e. The number of hydrogen-bond donors (Lipinski definition) is 1. The number of ketones is 1. The van der Waals surface area contributed by atoms with Crippen LogP contribution in [0.1, 0.15) is 21.5 Å². The molecule has 0 atom stereocenters. The van der Waals surface area contributed by atoms with Gasteiger partial charge in [0.25, 0.3) is 0 Å². The fraction of sp³-hybridized carbons (Fsp3) is 0.333. The summed E-state index contributed by atoms with van der Waals surface area (Å²) in [6.45, 7) is -2.39. The van der Waals surface area contributed by atoms with E-state index in [1.165, 1.54) is 7.05 Å². The highest BCUT2D eigenvalue weighted by Gasteiger charge is 2.29. The molecule has 7 nitrogen and oxygen atoms in total. The first-order valence-corrected chi connectivity index (χ1v) is 9.51. The van der Waals surface area contributed by atoms with Gasteiger partial charge in [-0.3, -0.25) is 4.79 Å². The average Bonchev–Trinajstić information content (AvgIpc) is 2.85. The number of ether oxygens (including phenoxy) is 1. The zero-order valence-corrected chi connectivity index (χ0v) is 15.6. The lowest BCUT2D eigenvalue weighted by Crippen LogP contribution is -2.18. The number of benzene rings is 1. The fourth-order valence-corrected chi connectivity index (χ4v) is 3.55. The zero-order valence-electron chi connectivity index (χ0n) is 14.0. The molecule has 0 spiro atoms. The summed E-state index contributed by atoms with van der Waals surface area (Å²) < 4.78 is 66.2. The Balaban J connectivity index is 2.50. The number of rotatable bonds is 6. The summed E-state index contributed by atoms with van der Waals surface area (Å²) in [5.41, 5.74) is -0.690. The molecule has 0 amide bonds. The Morgan fingerprint density at radius 1 is 1.33 bits per heavy atom. The molecule has 1 aromatic heterocycles. The number of carbonyl (C=O) groups is 1. The van der Waals surface area contributed by atoms with Gasteiger partial charge < -0.3 is 9.84 Å². The van der Waals surface area contributed by atoms with E-state index in [4.69, 9.17) is 11.6 Å². The lowest BCUT2D eigenvalue weighted by molar-refractivity contribution is -0.176. The Morgan fingerprint density at radius 3 is 2.44 bits per heavy atom. The van der Waals surface area contributed by atoms with Gasteiger partial charge in [-0.1, -0.05) is 11.6 Å². The molecule has 12 heteroatoms. The minimum absolute atomic E-state index is 0.200. The maximum atomic E-state index is 12.6. The summed E-state index contributed by atoms with van der Waals surface area (Å²) in [7, 11) is -2.47. The van der Waals surface area contributed by atoms with Gasteiger partial charge in [-0.05, 0) is 12.1 Å². The second kappa shape index (κ2) is 7.49. The topological polar surface area (TPSA) is 98.5 Å². The van der Waals surface area contributed by atoms with E-state index in [2.05, 4.69) is 9.84 Å². The maximum Gasteiger partial charge on any atom is 0.411 e. The van der Waals surface area contributed by atoms with Gasteiger partial charge in [-0.25, -0.2) is 13.1 Å². The van der Waals surface area contributed by atoms with Crippen LogP contribution < -0.4 is 0 Å². The number of carbonyl (C=O) groups excluding carboxylic acids is 1. The first kappa shape index (κ1) is 21.2. The Hall–Kier alpha value is -2.11. The number of halogens is 4. The van der Waals surface area contributed by atoms with E-state index in [0.717, 1.165) is 29.3 Å². The van der Waals surface area contributed by atoms with E-state index in [1.807, 2.05) is 0 Å². The van der Waals surface area contributed by atoms with Gasteiger partial charge >= 0.3 is 6.18 Å². The number of aryl methyl sites for hydroxylation is 1. The minimum Gasteiger partial charge on any atom is -0.493 e. The van der Waals surface area contributed by atoms with Gasteiger partial charge in [-0.15, -0.1) is 0 Å². The van der Waals surface area contributed by atoms with E-state index in [1.54, 1.807) is 0 Å². The van der Waals surface area contributed by atoms with Crippen molar-refractivity contribution in [2.24, 2.45) is 7.05 Å². The molecular formula is C15H14ClF3N2O5S. The van der Waals surface area contributed by atoms with Crippen LogP contribution in [-0.2, 0) is 28.2 Å². The molecule has 2 rings (SSSR count). The van der Waals surface area contributed by atoms with Crippen molar-refractivity contribution in [3.8, 4) is 5.88 Å². The van der Waals surface area contributed by atoms with Crippen molar-refractivity contribution in [2.75, 3.05) is 12.9 Å². The molecule has 0 aliphatic heterocycles. The van der Waals surface area contributed by atoms with E-state index < -0.39 is 40.9 Å². The average molecular weight is 427 g/mol. The molecule has 1 N–H and O–H groups in total. The predicted molar refractivity (Wildman–Crippen MR) is 88.6 cm³/mol. The Morgan fingerprint density at radius 2 is 1.96 bits per heavy atom. The third-order valence-corrected chi connectivity index (χ3v) is 5.12. The number of aromatic nitrogens is 2. The van der Waals surface area contributed by atoms with Gasteiger partial charge in [-0.2, -0.15) is 18.3 Å². The largest absolute Gasteiger partial charge is 0.493 e. The molecular weight excluding hydrogens is 413 g/mol. The molecule has 0 saturated heterocycles. The minimum atomic E-state index is -4.62. The normalized spacial score (nSPS) is 12.4. The lowest BCUT2D eigenvalue weighted by Gasteiger charge is -2.14. The van der Waals surface area contributed by atoms with Gasteiger partial charge in [0.2, 0.25) is 11.7 Å². The fourth-order valence-electron chi connectivity index (χ4n) is 2.27. The Kier molecular flexibility index (Phi) is 5.88. The van der Waals surface area contributed by atoms with Crippen molar-refractivity contribution in [1.82, 2.24) is 9.78 Å². The van der Waals surface area contributed by atoms with Gasteiger partial charge in [0.15, 0.2) is 9.84 Å². The van der Waals surface area contributed by atoms with Gasteiger partial charge in [0, 0.05) is 24.4 Å². The standard InChI is InChI=1S/C15H14ClF3N2O5S/c1-21-14(23)9(5-20-21)13(22)8-3-4-11(27(2,24)25)10(12(8)16)6-26-7-15(17,18)19/h3-5,23H,6-7H2,1-2H3. The molecule has 0 radical (unpaired) electrons. The monoisotopic (exact) mass is 426 g/mol. The highest BCUT2D eigenvalue weighted by atomic mass is 35.5. The molecule has 1 aromatic carbocycles. The van der Waals surface area contributed by atoms with Crippen LogP contribution in [0, 0.1) is 0 Å². The molecule has 148 valence electrons. The number of hydrogen-bond acceptors (Lipinski definition) is 6. The molecule has 0 unspecified atom stereocenters. The van der Waals surface area contributed by atoms with Crippen molar-refractivity contribution in [1.29, 1.82) is 0 Å². The van der Waals surface area contributed by atoms with Gasteiger partial charge in [0.05, 0.1) is 22.7 Å². The number of nitrogens with zero attached hydrogens (tertiary/aromatic N) is 2. The summed E-state index contributed by atoms with van der Waals surface area (Å²) in [5.74, 6) is -1.22. The van der Waals surface area contributed by atoms with Gasteiger partial charge in [0.1, 0.15) is 12.2 Å². The number of alkyl halides is 3. The molecule has 1 heterocycles. The van der Waals surface area contributed by atoms with Crippen LogP contribution in [-0.4, -0.2) is 48.1 Å². The molecule has 0 aliphatic rings. The Bertz CT molecular complexity index is 986. The quantitative estimate of drug-likeness (QED) is 0.712. The first-order chi connectivity index (χ1) is 12.3. The summed E-state index contributed by atoms with van der Waals surface area (Å²) >= 11 is 6.12. The van der Waals surface area contributed by atoms with Crippen molar-refractivity contribution in [2.45, 2.75) is 17.7 Å². The lowest BCUT2D eigenvalue weighted by atomic mass is 10.0. The van der Waals surface area contributed by atoms with Crippen LogP contribution >= 0.6 is 11.6 Å². The third-order valence-electron chi connectivity index (χ3n) is 3.51. The van der Waals surface area contributed by atoms with Crippen LogP contribution in [0.15, 0.2) is 23.2 Å². The van der Waals surface area contributed by atoms with E-state index in [0.29, 0.717) is 0 Å². The van der Waals surface area contributed by atoms with E-state index in [-0.39, 0.29) is 26.6 Å². The number of aromatic hydroxyl groups is 1. The molecule has 27 heavy (non-hydrogen) atoms. The second-order valence-corrected chi connectivity index (χ2v) is 7.98. The van der Waals surface area contributed by atoms with Crippen LogP contribution in [0.25, 0.3) is 0 Å². The molecule has 0 fully saturated rings. The second-order valence-electron chi connectivity index (χ2n) is 5.62. The summed E-state index contributed by atoms with van der Waals surface area (Å²) in [5, 5.41) is 13.2. The van der Waals surface area contributed by atoms with E-state index in [9.17, 15) is 31.5 Å². The predicted octanol–water partition coefficient (Wildman–Crippen LogP) is 2.49. The van der Waals surface area contributed by atoms with E-state index >= 15 is 0 Å². The first-order valence-electron chi connectivity index (χ1n) is 7.24. The van der Waals surface area contributed by atoms with Crippen molar-refractivity contribution >= 4 is 27.2 Å². The zero-order chi connectivity index (χ0) is 20.6. The van der Waals surface area contributed by atoms with Crippen LogP contribution in [0.3, 0.4) is 0 Å². The summed E-state index contributed by atoms with van der Waals surface area (Å²) in [4.78, 5) is 12.2. The SMILES string of the molecule is Cn1ncc(C(=O)c2ccc(S(C)(=O)=O)c(COCC(F)(F)F)c2Cl)c1O. The molecule has 0 aliphatic carbocycles.